The summed E-state index contributed by atoms with van der Waals surface area (Å²) in [5.74, 6) is 3.91. The summed E-state index contributed by atoms with van der Waals surface area (Å²) in [4.78, 5) is 19.3. The van der Waals surface area contributed by atoms with Gasteiger partial charge in [0.25, 0.3) is 5.91 Å². The van der Waals surface area contributed by atoms with Crippen LogP contribution in [0.4, 0.5) is 0 Å². The molecule has 2 aliphatic rings. The van der Waals surface area contributed by atoms with Gasteiger partial charge in [0.05, 0.1) is 0 Å². The molecule has 156 valence electrons. The molecule has 2 fully saturated rings. The van der Waals surface area contributed by atoms with E-state index >= 15 is 0 Å². The summed E-state index contributed by atoms with van der Waals surface area (Å²) in [5.41, 5.74) is 1.99. The van der Waals surface area contributed by atoms with Crippen molar-refractivity contribution in [2.75, 3.05) is 19.7 Å². The van der Waals surface area contributed by atoms with Crippen molar-refractivity contribution in [1.29, 1.82) is 0 Å². The van der Waals surface area contributed by atoms with Crippen LogP contribution in [0.5, 0.6) is 5.75 Å². The lowest BCUT2D eigenvalue weighted by atomic mass is 9.96. The molecule has 7 heteroatoms. The average Bonchev–Trinajstić information content (AvgIpc) is 3.45. The maximum absolute atomic E-state index is 12.7. The molecule has 0 radical (unpaired) electrons. The number of halogens is 1. The number of aryl methyl sites for hydroxylation is 1. The highest BCUT2D eigenvalue weighted by Gasteiger charge is 2.30. The minimum absolute atomic E-state index is 0.0296. The number of amides is 1. The Balaban J connectivity index is 1.31. The van der Waals surface area contributed by atoms with Crippen LogP contribution in [0.15, 0.2) is 12.1 Å². The van der Waals surface area contributed by atoms with Gasteiger partial charge in [-0.3, -0.25) is 9.89 Å². The van der Waals surface area contributed by atoms with Crippen LogP contribution in [0.3, 0.4) is 0 Å². The fourth-order valence-electron chi connectivity index (χ4n) is 3.87. The van der Waals surface area contributed by atoms with Crippen LogP contribution in [-0.2, 0) is 4.79 Å². The van der Waals surface area contributed by atoms with Crippen molar-refractivity contribution in [2.24, 2.45) is 0 Å². The highest BCUT2D eigenvalue weighted by Crippen LogP contribution is 2.38. The Hall–Kier alpha value is -2.08. The molecular weight excluding hydrogens is 388 g/mol. The number of nitrogens with one attached hydrogen (secondary N) is 1. The van der Waals surface area contributed by atoms with E-state index in [0.29, 0.717) is 11.8 Å². The van der Waals surface area contributed by atoms with Crippen LogP contribution >= 0.6 is 11.6 Å². The molecule has 1 N–H and O–H groups in total. The van der Waals surface area contributed by atoms with Crippen LogP contribution < -0.4 is 4.74 Å². The first kappa shape index (κ1) is 20.2. The van der Waals surface area contributed by atoms with Crippen LogP contribution in [0.25, 0.3) is 0 Å². The van der Waals surface area contributed by atoms with E-state index in [1.807, 2.05) is 24.0 Å². The average molecular weight is 417 g/mol. The number of likely N-dealkylation sites (tertiary alicyclic amines) is 1. The second-order valence-electron chi connectivity index (χ2n) is 8.59. The van der Waals surface area contributed by atoms with Crippen molar-refractivity contribution in [1.82, 2.24) is 20.1 Å². The van der Waals surface area contributed by atoms with Crippen molar-refractivity contribution < 1.29 is 9.53 Å². The van der Waals surface area contributed by atoms with Crippen molar-refractivity contribution in [2.45, 2.75) is 64.2 Å². The van der Waals surface area contributed by atoms with E-state index in [9.17, 15) is 4.79 Å². The van der Waals surface area contributed by atoms with Gasteiger partial charge in [0.2, 0.25) is 0 Å². The predicted molar refractivity (Wildman–Crippen MR) is 113 cm³/mol. The molecule has 2 aromatic rings. The van der Waals surface area contributed by atoms with Crippen LogP contribution in [0.1, 0.15) is 80.1 Å². The number of benzene rings is 1. The standard InChI is InChI=1S/C22H29ClN4O2/c1-13(2)17-11-18(23)14(3)10-19(17)29-12-20(28)27-8-6-16(7-9-27)22-24-21(25-26-22)15-4-5-15/h10-11,13,15-16H,4-9,12H2,1-3H3,(H,24,25,26). The molecule has 1 aromatic heterocycles. The lowest BCUT2D eigenvalue weighted by Gasteiger charge is -2.31. The Kier molecular flexibility index (Phi) is 5.81. The van der Waals surface area contributed by atoms with E-state index in [1.54, 1.807) is 0 Å². The predicted octanol–water partition coefficient (Wildman–Crippen LogP) is 4.55. The quantitative estimate of drug-likeness (QED) is 0.749. The molecule has 1 saturated carbocycles. The maximum Gasteiger partial charge on any atom is 0.260 e. The van der Waals surface area contributed by atoms with Gasteiger partial charge in [-0.25, -0.2) is 4.98 Å². The number of nitrogens with zero attached hydrogens (tertiary/aromatic N) is 3. The van der Waals surface area contributed by atoms with Crippen molar-refractivity contribution >= 4 is 17.5 Å². The molecule has 6 nitrogen and oxygen atoms in total. The number of H-pyrrole nitrogens is 1. The SMILES string of the molecule is Cc1cc(OCC(=O)N2CCC(c3nc(C4CC4)n[nH]3)CC2)c(C(C)C)cc1Cl. The third-order valence-corrected chi connectivity index (χ3v) is 6.37. The number of hydrogen-bond acceptors (Lipinski definition) is 4. The largest absolute Gasteiger partial charge is 0.483 e. The van der Waals surface area contributed by atoms with Crippen LogP contribution in [-0.4, -0.2) is 45.7 Å². The van der Waals surface area contributed by atoms with Gasteiger partial charge in [0, 0.05) is 29.9 Å². The van der Waals surface area contributed by atoms with Gasteiger partial charge in [0.15, 0.2) is 12.4 Å². The fraction of sp³-hybridized carbons (Fsp3) is 0.591. The van der Waals surface area contributed by atoms with E-state index in [4.69, 9.17) is 16.3 Å². The molecule has 0 spiro atoms. The Bertz CT molecular complexity index is 883. The summed E-state index contributed by atoms with van der Waals surface area (Å²) in [5, 5.41) is 8.20. The number of aromatic amines is 1. The third-order valence-electron chi connectivity index (χ3n) is 5.96. The molecular formula is C22H29ClN4O2. The Morgan fingerprint density at radius 2 is 1.97 bits per heavy atom. The van der Waals surface area contributed by atoms with Crippen molar-refractivity contribution in [3.8, 4) is 5.75 Å². The summed E-state index contributed by atoms with van der Waals surface area (Å²) in [6.07, 6.45) is 4.22. The summed E-state index contributed by atoms with van der Waals surface area (Å²) in [6.45, 7) is 7.65. The highest BCUT2D eigenvalue weighted by molar-refractivity contribution is 6.31. The number of rotatable bonds is 6. The van der Waals surface area contributed by atoms with Gasteiger partial charge < -0.3 is 9.64 Å². The summed E-state index contributed by atoms with van der Waals surface area (Å²) in [6, 6.07) is 3.87. The minimum atomic E-state index is 0.0296. The van der Waals surface area contributed by atoms with E-state index in [2.05, 4.69) is 29.0 Å². The zero-order valence-corrected chi connectivity index (χ0v) is 18.1. The second-order valence-corrected chi connectivity index (χ2v) is 9.00. The monoisotopic (exact) mass is 416 g/mol. The van der Waals surface area contributed by atoms with E-state index in [0.717, 1.165) is 59.5 Å². The molecule has 4 rings (SSSR count). The number of aromatic nitrogens is 3. The third kappa shape index (κ3) is 4.58. The van der Waals surface area contributed by atoms with Gasteiger partial charge in [-0.15, -0.1) is 0 Å². The first-order valence-electron chi connectivity index (χ1n) is 10.5. The normalized spacial score (nSPS) is 17.8. The van der Waals surface area contributed by atoms with Crippen LogP contribution in [0, 0.1) is 6.92 Å². The topological polar surface area (TPSA) is 71.1 Å². The molecule has 1 aromatic carbocycles. The molecule has 0 bridgehead atoms. The van der Waals surface area contributed by atoms with Gasteiger partial charge in [-0.1, -0.05) is 25.4 Å². The van der Waals surface area contributed by atoms with Crippen LogP contribution in [0.2, 0.25) is 5.02 Å². The fourth-order valence-corrected chi connectivity index (χ4v) is 4.05. The Labute approximate surface area is 177 Å². The maximum atomic E-state index is 12.7. The second kappa shape index (κ2) is 8.34. The van der Waals surface area contributed by atoms with Gasteiger partial charge in [-0.2, -0.15) is 5.10 Å². The number of piperidine rings is 1. The lowest BCUT2D eigenvalue weighted by Crippen LogP contribution is -2.40. The van der Waals surface area contributed by atoms with E-state index in [-0.39, 0.29) is 18.4 Å². The first-order valence-corrected chi connectivity index (χ1v) is 10.9. The molecule has 0 unspecified atom stereocenters. The molecule has 29 heavy (non-hydrogen) atoms. The van der Waals surface area contributed by atoms with E-state index < -0.39 is 0 Å². The number of ether oxygens (including phenoxy) is 1. The highest BCUT2D eigenvalue weighted by atomic mass is 35.5. The number of hydrogen-bond donors (Lipinski definition) is 1. The summed E-state index contributed by atoms with van der Waals surface area (Å²) < 4.78 is 5.92. The molecule has 1 amide bonds. The summed E-state index contributed by atoms with van der Waals surface area (Å²) >= 11 is 6.26. The minimum Gasteiger partial charge on any atom is -0.483 e. The Morgan fingerprint density at radius 3 is 2.62 bits per heavy atom. The molecule has 1 aliphatic heterocycles. The molecule has 2 heterocycles. The number of carbonyl (C=O) groups is 1. The van der Waals surface area contributed by atoms with E-state index in [1.165, 1.54) is 12.8 Å². The zero-order valence-electron chi connectivity index (χ0n) is 17.4. The van der Waals surface area contributed by atoms with Gasteiger partial charge in [0.1, 0.15) is 11.6 Å². The van der Waals surface area contributed by atoms with Crippen molar-refractivity contribution in [3.63, 3.8) is 0 Å². The Morgan fingerprint density at radius 1 is 1.24 bits per heavy atom. The zero-order chi connectivity index (χ0) is 20.5. The molecule has 1 aliphatic carbocycles. The smallest absolute Gasteiger partial charge is 0.260 e. The number of carbonyl (C=O) groups excluding carboxylic acids is 1. The first-order chi connectivity index (χ1) is 13.9. The van der Waals surface area contributed by atoms with Crippen molar-refractivity contribution in [3.05, 3.63) is 39.9 Å². The summed E-state index contributed by atoms with van der Waals surface area (Å²) in [7, 11) is 0. The van der Waals surface area contributed by atoms with Gasteiger partial charge >= 0.3 is 0 Å². The molecule has 0 atom stereocenters. The lowest BCUT2D eigenvalue weighted by molar-refractivity contribution is -0.134. The van der Waals surface area contributed by atoms with Gasteiger partial charge in [-0.05, 0) is 61.8 Å². The molecule has 1 saturated heterocycles.